The summed E-state index contributed by atoms with van der Waals surface area (Å²) in [4.78, 5) is 0. The van der Waals surface area contributed by atoms with Crippen molar-refractivity contribution in [1.29, 1.82) is 0 Å². The van der Waals surface area contributed by atoms with Crippen molar-refractivity contribution in [2.24, 2.45) is 0 Å². The normalized spacial score (nSPS) is 15.3. The number of aliphatic hydroxyl groups is 1. The van der Waals surface area contributed by atoms with Crippen LogP contribution < -0.4 is 9.47 Å². The van der Waals surface area contributed by atoms with Gasteiger partial charge >= 0.3 is 5.95 Å². The predicted molar refractivity (Wildman–Crippen MR) is 87.4 cm³/mol. The molecular weight excluding hydrogens is 292 g/mol. The molecule has 3 rings (SSSR count). The molecule has 4 heteroatoms. The van der Waals surface area contributed by atoms with Crippen LogP contribution in [0.3, 0.4) is 0 Å². The van der Waals surface area contributed by atoms with Gasteiger partial charge in [-0.15, -0.1) is 0 Å². The number of fused-ring (bicyclic) bond motifs is 1. The zero-order valence-corrected chi connectivity index (χ0v) is 13.1. The highest BCUT2D eigenvalue weighted by atomic mass is 16.6. The Kier molecular flexibility index (Phi) is 4.71. The Morgan fingerprint density at radius 1 is 1.13 bits per heavy atom. The van der Waals surface area contributed by atoms with Crippen LogP contribution in [0.4, 0.5) is 0 Å². The van der Waals surface area contributed by atoms with E-state index in [4.69, 9.17) is 14.2 Å². The van der Waals surface area contributed by atoms with Crippen LogP contribution in [-0.4, -0.2) is 11.7 Å². The standard InChI is InChI=1S/C19H20O4/c1-2-21-19(20)17-11-9-15-8-10-16(12-18(15)23-17)22-13-14-6-4-3-5-7-14/h3-8,10,12,20H,2,9,11,13H2,1H3/b19-17+. The van der Waals surface area contributed by atoms with E-state index in [1.54, 1.807) is 0 Å². The number of allylic oxidation sites excluding steroid dienone is 1. The molecule has 2 aromatic rings. The molecule has 0 unspecified atom stereocenters. The van der Waals surface area contributed by atoms with E-state index >= 15 is 0 Å². The maximum absolute atomic E-state index is 9.82. The monoisotopic (exact) mass is 312 g/mol. The summed E-state index contributed by atoms with van der Waals surface area (Å²) >= 11 is 0. The van der Waals surface area contributed by atoms with Crippen molar-refractivity contribution in [3.8, 4) is 11.5 Å². The molecular formula is C19H20O4. The van der Waals surface area contributed by atoms with Gasteiger partial charge in [0.15, 0.2) is 5.76 Å². The maximum atomic E-state index is 9.82. The molecule has 0 fully saturated rings. The molecule has 4 nitrogen and oxygen atoms in total. The number of aliphatic hydroxyl groups excluding tert-OH is 1. The second kappa shape index (κ2) is 7.09. The lowest BCUT2D eigenvalue weighted by Gasteiger charge is -2.21. The largest absolute Gasteiger partial charge is 0.489 e. The van der Waals surface area contributed by atoms with Crippen LogP contribution in [0.15, 0.2) is 60.2 Å². The highest BCUT2D eigenvalue weighted by Crippen LogP contribution is 2.33. The molecule has 0 aliphatic carbocycles. The topological polar surface area (TPSA) is 47.9 Å². The third-order valence-electron chi connectivity index (χ3n) is 3.66. The molecule has 23 heavy (non-hydrogen) atoms. The van der Waals surface area contributed by atoms with Crippen molar-refractivity contribution < 1.29 is 19.3 Å². The molecule has 0 saturated heterocycles. The third kappa shape index (κ3) is 3.77. The Hall–Kier alpha value is -2.62. The SMILES string of the molecule is CCO/C(O)=C1\CCc2ccc(OCc3ccccc3)cc2O1. The number of rotatable bonds is 5. The number of ether oxygens (including phenoxy) is 3. The summed E-state index contributed by atoms with van der Waals surface area (Å²) in [5.41, 5.74) is 2.21. The molecule has 1 aliphatic rings. The van der Waals surface area contributed by atoms with Gasteiger partial charge in [0.05, 0.1) is 6.61 Å². The van der Waals surface area contributed by atoms with Crippen LogP contribution in [-0.2, 0) is 17.8 Å². The van der Waals surface area contributed by atoms with Crippen LogP contribution in [0.5, 0.6) is 11.5 Å². The van der Waals surface area contributed by atoms with Gasteiger partial charge in [0.2, 0.25) is 0 Å². The van der Waals surface area contributed by atoms with Crippen LogP contribution in [0.25, 0.3) is 0 Å². The fraction of sp³-hybridized carbons (Fsp3) is 0.263. The first-order chi connectivity index (χ1) is 11.3. The molecule has 1 N–H and O–H groups in total. The maximum Gasteiger partial charge on any atom is 0.317 e. The highest BCUT2D eigenvalue weighted by molar-refractivity contribution is 5.43. The van der Waals surface area contributed by atoms with Crippen molar-refractivity contribution >= 4 is 0 Å². The first kappa shape index (κ1) is 15.3. The minimum atomic E-state index is -0.131. The van der Waals surface area contributed by atoms with E-state index in [9.17, 15) is 5.11 Å². The second-order valence-electron chi connectivity index (χ2n) is 5.31. The average Bonchev–Trinajstić information content (AvgIpc) is 2.60. The number of aryl methyl sites for hydroxylation is 1. The van der Waals surface area contributed by atoms with Crippen molar-refractivity contribution in [3.05, 3.63) is 71.4 Å². The molecule has 0 saturated carbocycles. The summed E-state index contributed by atoms with van der Waals surface area (Å²) < 4.78 is 16.7. The quantitative estimate of drug-likeness (QED) is 0.834. The fourth-order valence-electron chi connectivity index (χ4n) is 2.47. The molecule has 0 spiro atoms. The first-order valence-corrected chi connectivity index (χ1v) is 7.78. The Balaban J connectivity index is 1.72. The van der Waals surface area contributed by atoms with E-state index in [0.717, 1.165) is 23.3 Å². The second-order valence-corrected chi connectivity index (χ2v) is 5.31. The van der Waals surface area contributed by atoms with Gasteiger partial charge in [-0.05, 0) is 30.5 Å². The summed E-state index contributed by atoms with van der Waals surface area (Å²) in [5, 5.41) is 9.82. The Morgan fingerprint density at radius 3 is 2.74 bits per heavy atom. The summed E-state index contributed by atoms with van der Waals surface area (Å²) in [6, 6.07) is 15.8. The van der Waals surface area contributed by atoms with E-state index in [0.29, 0.717) is 31.1 Å². The van der Waals surface area contributed by atoms with Crippen LogP contribution in [0.1, 0.15) is 24.5 Å². The average molecular weight is 312 g/mol. The molecule has 120 valence electrons. The molecule has 0 amide bonds. The summed E-state index contributed by atoms with van der Waals surface area (Å²) in [6.07, 6.45) is 1.43. The minimum Gasteiger partial charge on any atom is -0.489 e. The van der Waals surface area contributed by atoms with E-state index in [-0.39, 0.29) is 5.95 Å². The molecule has 0 radical (unpaired) electrons. The zero-order chi connectivity index (χ0) is 16.1. The van der Waals surface area contributed by atoms with Gasteiger partial charge in [0, 0.05) is 12.5 Å². The van der Waals surface area contributed by atoms with Gasteiger partial charge in [0.25, 0.3) is 0 Å². The predicted octanol–water partition coefficient (Wildman–Crippen LogP) is 4.35. The Bertz CT molecular complexity index is 692. The number of hydrogen-bond acceptors (Lipinski definition) is 4. The van der Waals surface area contributed by atoms with E-state index in [1.807, 2.05) is 55.5 Å². The molecule has 1 heterocycles. The summed E-state index contributed by atoms with van der Waals surface area (Å²) in [7, 11) is 0. The van der Waals surface area contributed by atoms with Gasteiger partial charge in [-0.1, -0.05) is 36.4 Å². The van der Waals surface area contributed by atoms with Crippen LogP contribution in [0.2, 0.25) is 0 Å². The third-order valence-corrected chi connectivity index (χ3v) is 3.66. The summed E-state index contributed by atoms with van der Waals surface area (Å²) in [5.74, 6) is 1.79. The van der Waals surface area contributed by atoms with Crippen molar-refractivity contribution in [2.75, 3.05) is 6.61 Å². The van der Waals surface area contributed by atoms with Gasteiger partial charge in [-0.2, -0.15) is 0 Å². The lowest BCUT2D eigenvalue weighted by atomic mass is 10.0. The van der Waals surface area contributed by atoms with Crippen molar-refractivity contribution in [1.82, 2.24) is 0 Å². The van der Waals surface area contributed by atoms with Crippen molar-refractivity contribution in [2.45, 2.75) is 26.4 Å². The van der Waals surface area contributed by atoms with Crippen LogP contribution in [0, 0.1) is 0 Å². The van der Waals surface area contributed by atoms with Gasteiger partial charge < -0.3 is 19.3 Å². The lowest BCUT2D eigenvalue weighted by Crippen LogP contribution is -2.11. The number of benzene rings is 2. The summed E-state index contributed by atoms with van der Waals surface area (Å²) in [6.45, 7) is 2.74. The van der Waals surface area contributed by atoms with Gasteiger partial charge in [0.1, 0.15) is 18.1 Å². The minimum absolute atomic E-state index is 0.131. The molecule has 1 aliphatic heterocycles. The van der Waals surface area contributed by atoms with Crippen LogP contribution >= 0.6 is 0 Å². The fourth-order valence-corrected chi connectivity index (χ4v) is 2.47. The molecule has 2 aromatic carbocycles. The Labute approximate surface area is 135 Å². The first-order valence-electron chi connectivity index (χ1n) is 7.78. The van der Waals surface area contributed by atoms with E-state index in [1.165, 1.54) is 0 Å². The molecule has 0 atom stereocenters. The van der Waals surface area contributed by atoms with E-state index in [2.05, 4.69) is 0 Å². The zero-order valence-electron chi connectivity index (χ0n) is 13.1. The van der Waals surface area contributed by atoms with Gasteiger partial charge in [-0.3, -0.25) is 0 Å². The molecule has 0 bridgehead atoms. The van der Waals surface area contributed by atoms with E-state index < -0.39 is 0 Å². The Morgan fingerprint density at radius 2 is 1.96 bits per heavy atom. The highest BCUT2D eigenvalue weighted by Gasteiger charge is 2.19. The van der Waals surface area contributed by atoms with Crippen molar-refractivity contribution in [3.63, 3.8) is 0 Å². The van der Waals surface area contributed by atoms with Gasteiger partial charge in [-0.25, -0.2) is 0 Å². The molecule has 0 aromatic heterocycles. The number of hydrogen-bond donors (Lipinski definition) is 1. The smallest absolute Gasteiger partial charge is 0.317 e. The lowest BCUT2D eigenvalue weighted by molar-refractivity contribution is 0.0811.